The van der Waals surface area contributed by atoms with Crippen molar-refractivity contribution in [1.29, 1.82) is 0 Å². The Labute approximate surface area is 194 Å². The second kappa shape index (κ2) is 7.14. The lowest BCUT2D eigenvalue weighted by molar-refractivity contribution is 0.350. The highest BCUT2D eigenvalue weighted by molar-refractivity contribution is 9.10. The van der Waals surface area contributed by atoms with Crippen molar-refractivity contribution in [3.63, 3.8) is 0 Å². The van der Waals surface area contributed by atoms with E-state index in [-0.39, 0.29) is 26.3 Å². The molecule has 0 fully saturated rings. The average Bonchev–Trinajstić information content (AvgIpc) is 3.20. The minimum Gasteiger partial charge on any atom is -0.506 e. The van der Waals surface area contributed by atoms with Crippen LogP contribution in [-0.4, -0.2) is 40.3 Å². The molecule has 33 heavy (non-hydrogen) atoms. The molecule has 4 aromatic carbocycles. The fourth-order valence-corrected chi connectivity index (χ4v) is 4.45. The number of fused-ring (bicyclic) bond motifs is 3. The predicted octanol–water partition coefficient (Wildman–Crippen LogP) is 5.15. The first-order valence-corrected chi connectivity index (χ1v) is 10.5. The van der Waals surface area contributed by atoms with Crippen molar-refractivity contribution >= 4 is 37.7 Å². The molecule has 1 aromatic heterocycles. The van der Waals surface area contributed by atoms with Crippen LogP contribution in [0.1, 0.15) is 0 Å². The van der Waals surface area contributed by atoms with Crippen LogP contribution in [0.2, 0.25) is 0 Å². The van der Waals surface area contributed by atoms with E-state index in [4.69, 9.17) is 0 Å². The Morgan fingerprint density at radius 2 is 0.970 bits per heavy atom. The predicted molar refractivity (Wildman–Crippen MR) is 126 cm³/mol. The summed E-state index contributed by atoms with van der Waals surface area (Å²) in [5.74, 6) is -5.47. The van der Waals surface area contributed by atoms with Gasteiger partial charge in [0.05, 0.1) is 10.8 Å². The van der Waals surface area contributed by atoms with Crippen LogP contribution in [0.3, 0.4) is 0 Å². The lowest BCUT2D eigenvalue weighted by Crippen LogP contribution is -1.95. The lowest BCUT2D eigenvalue weighted by Gasteiger charge is -2.13. The summed E-state index contributed by atoms with van der Waals surface area (Å²) in [6.45, 7) is 0. The summed E-state index contributed by atoms with van der Waals surface area (Å²) < 4.78 is 1.01. The maximum atomic E-state index is 10.8. The molecule has 166 valence electrons. The molecule has 0 aliphatic heterocycles. The van der Waals surface area contributed by atoms with Crippen LogP contribution < -0.4 is 0 Å². The molecule has 0 unspecified atom stereocenters. The van der Waals surface area contributed by atoms with E-state index in [0.717, 1.165) is 11.1 Å². The molecule has 0 atom stereocenters. The summed E-state index contributed by atoms with van der Waals surface area (Å²) in [6.07, 6.45) is 0. The Morgan fingerprint density at radius 1 is 0.485 bits per heavy atom. The molecule has 1 heterocycles. The van der Waals surface area contributed by atoms with Gasteiger partial charge in [-0.3, -0.25) is 0 Å². The highest BCUT2D eigenvalue weighted by atomic mass is 79.9. The summed E-state index contributed by atoms with van der Waals surface area (Å²) in [5, 5.41) is 72.9. The SMILES string of the molecule is Oc1c(O)c(O)c2c(c1O)c1c(O)c(Br)c(O)c(O)c1n2-c1ccc(-c2ccccc2)cc1. The van der Waals surface area contributed by atoms with E-state index >= 15 is 0 Å². The van der Waals surface area contributed by atoms with Gasteiger partial charge in [0, 0.05) is 5.69 Å². The summed E-state index contributed by atoms with van der Waals surface area (Å²) in [6, 6.07) is 16.5. The molecule has 0 bridgehead atoms. The second-order valence-electron chi connectivity index (χ2n) is 7.45. The van der Waals surface area contributed by atoms with E-state index in [2.05, 4.69) is 15.9 Å². The fourth-order valence-electron chi connectivity index (χ4n) is 4.07. The van der Waals surface area contributed by atoms with Gasteiger partial charge in [0.15, 0.2) is 23.0 Å². The van der Waals surface area contributed by atoms with Crippen molar-refractivity contribution in [1.82, 2.24) is 4.57 Å². The number of phenols is 7. The van der Waals surface area contributed by atoms with Crippen LogP contribution in [0.4, 0.5) is 0 Å². The van der Waals surface area contributed by atoms with E-state index in [9.17, 15) is 35.7 Å². The van der Waals surface area contributed by atoms with Crippen LogP contribution in [0.25, 0.3) is 38.6 Å². The molecule has 0 radical (unpaired) electrons. The van der Waals surface area contributed by atoms with Gasteiger partial charge in [-0.05, 0) is 39.2 Å². The van der Waals surface area contributed by atoms with E-state index in [1.165, 1.54) is 4.57 Å². The quantitative estimate of drug-likeness (QED) is 0.128. The number of phenolic OH excluding ortho intramolecular Hbond substituents is 7. The number of hydrogen-bond donors (Lipinski definition) is 7. The third-order valence-electron chi connectivity index (χ3n) is 5.64. The Morgan fingerprint density at radius 3 is 1.58 bits per heavy atom. The number of aromatic hydroxyl groups is 7. The van der Waals surface area contributed by atoms with E-state index in [0.29, 0.717) is 5.69 Å². The molecular weight excluding hydrogens is 494 g/mol. The van der Waals surface area contributed by atoms with Gasteiger partial charge in [-0.2, -0.15) is 0 Å². The fraction of sp³-hybridized carbons (Fsp3) is 0. The molecular formula is C24H16BrNO7. The maximum Gasteiger partial charge on any atom is 0.206 e. The molecule has 0 aliphatic rings. The minimum atomic E-state index is -0.999. The molecule has 7 N–H and O–H groups in total. The monoisotopic (exact) mass is 509 g/mol. The summed E-state index contributed by atoms with van der Waals surface area (Å²) >= 11 is 2.99. The number of aromatic nitrogens is 1. The van der Waals surface area contributed by atoms with Gasteiger partial charge >= 0.3 is 0 Å². The first-order chi connectivity index (χ1) is 15.7. The highest BCUT2D eigenvalue weighted by Crippen LogP contribution is 2.58. The number of nitrogens with zero attached hydrogens (tertiary/aromatic N) is 1. The number of benzene rings is 4. The van der Waals surface area contributed by atoms with Crippen molar-refractivity contribution in [2.75, 3.05) is 0 Å². The van der Waals surface area contributed by atoms with Gasteiger partial charge in [0.1, 0.15) is 21.3 Å². The van der Waals surface area contributed by atoms with Crippen molar-refractivity contribution < 1.29 is 35.7 Å². The minimum absolute atomic E-state index is 0.161. The zero-order valence-electron chi connectivity index (χ0n) is 16.7. The van der Waals surface area contributed by atoms with Crippen LogP contribution in [0, 0.1) is 0 Å². The number of rotatable bonds is 2. The number of halogens is 1. The van der Waals surface area contributed by atoms with E-state index < -0.39 is 40.2 Å². The lowest BCUT2D eigenvalue weighted by atomic mass is 10.1. The van der Waals surface area contributed by atoms with Crippen LogP contribution in [0.5, 0.6) is 40.2 Å². The van der Waals surface area contributed by atoms with E-state index in [1.54, 1.807) is 24.3 Å². The van der Waals surface area contributed by atoms with Crippen LogP contribution in [-0.2, 0) is 0 Å². The highest BCUT2D eigenvalue weighted by Gasteiger charge is 2.31. The summed E-state index contributed by atoms with van der Waals surface area (Å²) in [4.78, 5) is 0. The Bertz CT molecular complexity index is 1500. The van der Waals surface area contributed by atoms with Gasteiger partial charge in [-0.1, -0.05) is 42.5 Å². The van der Waals surface area contributed by atoms with Crippen molar-refractivity contribution in [2.45, 2.75) is 0 Å². The molecule has 0 saturated carbocycles. The summed E-state index contributed by atoms with van der Waals surface area (Å²) in [5.41, 5.74) is 1.84. The smallest absolute Gasteiger partial charge is 0.206 e. The zero-order chi connectivity index (χ0) is 23.6. The molecule has 9 heteroatoms. The zero-order valence-corrected chi connectivity index (χ0v) is 18.2. The second-order valence-corrected chi connectivity index (χ2v) is 8.24. The first-order valence-electron chi connectivity index (χ1n) is 9.66. The van der Waals surface area contributed by atoms with Gasteiger partial charge in [0.2, 0.25) is 11.5 Å². The Hall–Kier alpha value is -4.24. The van der Waals surface area contributed by atoms with E-state index in [1.807, 2.05) is 30.3 Å². The molecule has 5 rings (SSSR count). The molecule has 0 spiro atoms. The molecule has 8 nitrogen and oxygen atoms in total. The van der Waals surface area contributed by atoms with Crippen molar-refractivity contribution in [3.05, 3.63) is 59.1 Å². The Balaban J connectivity index is 1.95. The molecule has 5 aromatic rings. The van der Waals surface area contributed by atoms with Gasteiger partial charge in [-0.25, -0.2) is 0 Å². The van der Waals surface area contributed by atoms with Gasteiger partial charge < -0.3 is 40.3 Å². The van der Waals surface area contributed by atoms with Gasteiger partial charge in [0.25, 0.3) is 0 Å². The average molecular weight is 510 g/mol. The first kappa shape index (κ1) is 20.7. The molecule has 0 aliphatic carbocycles. The van der Waals surface area contributed by atoms with Crippen LogP contribution in [0.15, 0.2) is 59.1 Å². The van der Waals surface area contributed by atoms with Crippen LogP contribution >= 0.6 is 15.9 Å². The number of hydrogen-bond acceptors (Lipinski definition) is 7. The van der Waals surface area contributed by atoms with Crippen molar-refractivity contribution in [2.24, 2.45) is 0 Å². The normalized spacial score (nSPS) is 11.4. The van der Waals surface area contributed by atoms with Gasteiger partial charge in [-0.15, -0.1) is 0 Å². The third kappa shape index (κ3) is 2.76. The Kier molecular flexibility index (Phi) is 4.47. The standard InChI is InChI=1S/C24H16BrNO7/c25-15-18(27)13-14-17(22(31)24(33)23(32)19(14)28)26(16(13)21(30)20(15)29)12-8-6-11(7-9-12)10-4-2-1-3-5-10/h1-9,27-33H. The largest absolute Gasteiger partial charge is 0.506 e. The topological polar surface area (TPSA) is 147 Å². The third-order valence-corrected chi connectivity index (χ3v) is 6.39. The maximum absolute atomic E-state index is 10.8. The molecule has 0 saturated heterocycles. The molecule has 0 amide bonds. The van der Waals surface area contributed by atoms with Crippen molar-refractivity contribution in [3.8, 4) is 57.1 Å². The summed E-state index contributed by atoms with van der Waals surface area (Å²) in [7, 11) is 0.